The first-order chi connectivity index (χ1) is 13.0. The molecule has 0 aliphatic heterocycles. The lowest BCUT2D eigenvalue weighted by atomic mass is 9.96. The lowest BCUT2D eigenvalue weighted by Gasteiger charge is -2.16. The van der Waals surface area contributed by atoms with E-state index in [1.165, 1.54) is 7.11 Å². The molecular weight excluding hydrogens is 346 g/mol. The van der Waals surface area contributed by atoms with Crippen LogP contribution in [-0.2, 0) is 4.74 Å². The van der Waals surface area contributed by atoms with Crippen molar-refractivity contribution < 1.29 is 19.0 Å². The fraction of sp³-hybridized carbons (Fsp3) is 0.250. The van der Waals surface area contributed by atoms with Crippen LogP contribution in [0.2, 0.25) is 0 Å². The first kappa shape index (κ1) is 18.4. The molecule has 3 N–H and O–H groups in total. The minimum Gasteiger partial charge on any atom is -0.497 e. The number of carbonyl (C=O) groups excluding carboxylic acids is 1. The summed E-state index contributed by atoms with van der Waals surface area (Å²) in [6, 6.07) is 9.71. The van der Waals surface area contributed by atoms with Crippen molar-refractivity contribution in [2.45, 2.75) is 13.8 Å². The van der Waals surface area contributed by atoms with Crippen LogP contribution < -0.4 is 20.3 Å². The van der Waals surface area contributed by atoms with Gasteiger partial charge in [-0.2, -0.15) is 0 Å². The molecule has 0 radical (unpaired) electrons. The molecule has 0 bridgehead atoms. The first-order valence-corrected chi connectivity index (χ1v) is 8.43. The van der Waals surface area contributed by atoms with Gasteiger partial charge in [-0.1, -0.05) is 0 Å². The Bertz CT molecular complexity index is 995. The zero-order valence-electron chi connectivity index (χ0n) is 16.0. The Kier molecular flexibility index (Phi) is 5.12. The zero-order chi connectivity index (χ0) is 19.6. The van der Waals surface area contributed by atoms with Crippen LogP contribution in [0.1, 0.15) is 11.3 Å². The van der Waals surface area contributed by atoms with Gasteiger partial charge >= 0.3 is 6.09 Å². The average molecular weight is 369 g/mol. The molecule has 0 aliphatic carbocycles. The Morgan fingerprint density at radius 2 is 1.78 bits per heavy atom. The van der Waals surface area contributed by atoms with E-state index in [9.17, 15) is 4.79 Å². The molecule has 3 aromatic rings. The number of H-pyrrole nitrogens is 1. The van der Waals surface area contributed by atoms with Crippen LogP contribution in [0, 0.1) is 13.8 Å². The third kappa shape index (κ3) is 3.48. The fourth-order valence-electron chi connectivity index (χ4n) is 3.24. The fourth-order valence-corrected chi connectivity index (χ4v) is 3.24. The predicted octanol–water partition coefficient (Wildman–Crippen LogP) is 4.15. The third-order valence-electron chi connectivity index (χ3n) is 4.46. The number of nitrogens with one attached hydrogen (secondary N) is 3. The van der Waals surface area contributed by atoms with E-state index in [1.54, 1.807) is 14.2 Å². The van der Waals surface area contributed by atoms with Crippen LogP contribution in [0.15, 0.2) is 30.3 Å². The number of methoxy groups -OCH3 is 3. The molecule has 7 heteroatoms. The molecule has 3 rings (SSSR count). The Morgan fingerprint density at radius 1 is 1.00 bits per heavy atom. The molecule has 1 heterocycles. The Labute approximate surface area is 157 Å². The number of aromatic amines is 1. The summed E-state index contributed by atoms with van der Waals surface area (Å²) in [4.78, 5) is 14.7. The number of rotatable bonds is 5. The van der Waals surface area contributed by atoms with Gasteiger partial charge in [0.25, 0.3) is 0 Å². The van der Waals surface area contributed by atoms with Crippen molar-refractivity contribution in [3.63, 3.8) is 0 Å². The predicted molar refractivity (Wildman–Crippen MR) is 105 cm³/mol. The number of amides is 1. The van der Waals surface area contributed by atoms with E-state index in [4.69, 9.17) is 9.47 Å². The van der Waals surface area contributed by atoms with Crippen molar-refractivity contribution in [1.29, 1.82) is 0 Å². The van der Waals surface area contributed by atoms with Crippen molar-refractivity contribution in [3.05, 3.63) is 41.6 Å². The lowest BCUT2D eigenvalue weighted by Crippen LogP contribution is -2.29. The number of hydrogen-bond acceptors (Lipinski definition) is 5. The average Bonchev–Trinajstić information content (AvgIpc) is 3.00. The highest BCUT2D eigenvalue weighted by Crippen LogP contribution is 2.42. The second kappa shape index (κ2) is 7.49. The van der Waals surface area contributed by atoms with Crippen molar-refractivity contribution in [3.8, 4) is 22.6 Å². The van der Waals surface area contributed by atoms with E-state index >= 15 is 0 Å². The van der Waals surface area contributed by atoms with E-state index in [-0.39, 0.29) is 0 Å². The van der Waals surface area contributed by atoms with Crippen LogP contribution in [0.5, 0.6) is 11.5 Å². The molecule has 27 heavy (non-hydrogen) atoms. The Morgan fingerprint density at radius 3 is 2.44 bits per heavy atom. The maximum Gasteiger partial charge on any atom is 0.425 e. The maximum atomic E-state index is 11.3. The summed E-state index contributed by atoms with van der Waals surface area (Å²) in [5.74, 6) is 1.48. The molecule has 1 aromatic heterocycles. The van der Waals surface area contributed by atoms with Crippen LogP contribution in [0.4, 0.5) is 10.5 Å². The number of anilines is 1. The number of carbonyl (C=O) groups is 1. The number of aromatic nitrogens is 1. The molecule has 0 spiro atoms. The molecule has 0 unspecified atom stereocenters. The smallest absolute Gasteiger partial charge is 0.425 e. The molecule has 0 saturated heterocycles. The minimum atomic E-state index is -0.574. The number of hydrazine groups is 1. The SMILES string of the molecule is COC(=O)NNc1cc(C)c(-c2c(C)[nH]c3ccc(OC)cc23)c(OC)c1. The molecule has 0 saturated carbocycles. The number of hydrogen-bond donors (Lipinski definition) is 3. The van der Waals surface area contributed by atoms with Crippen LogP contribution in [0.25, 0.3) is 22.0 Å². The standard InChI is InChI=1S/C20H23N3O4/c1-11-8-13(22-23-20(24)27-5)9-17(26-4)18(11)19-12(2)21-16-7-6-14(25-3)10-15(16)19/h6-10,21-22H,1-5H3,(H,23,24). The van der Waals surface area contributed by atoms with Gasteiger partial charge in [0.1, 0.15) is 11.5 Å². The molecule has 0 atom stereocenters. The van der Waals surface area contributed by atoms with Gasteiger partial charge in [-0.25, -0.2) is 10.2 Å². The Hall–Kier alpha value is -3.35. The van der Waals surface area contributed by atoms with Gasteiger partial charge in [0.2, 0.25) is 0 Å². The number of fused-ring (bicyclic) bond motifs is 1. The summed E-state index contributed by atoms with van der Waals surface area (Å²) in [5.41, 5.74) is 11.1. The highest BCUT2D eigenvalue weighted by molar-refractivity contribution is 6.00. The van der Waals surface area contributed by atoms with E-state index in [2.05, 4.69) is 20.6 Å². The molecule has 142 valence electrons. The summed E-state index contributed by atoms with van der Waals surface area (Å²) in [6.07, 6.45) is -0.574. The number of ether oxygens (including phenoxy) is 3. The van der Waals surface area contributed by atoms with Crippen LogP contribution in [-0.4, -0.2) is 32.4 Å². The second-order valence-corrected chi connectivity index (χ2v) is 6.15. The summed E-state index contributed by atoms with van der Waals surface area (Å²) in [5, 5.41) is 1.06. The molecule has 1 amide bonds. The number of aryl methyl sites for hydroxylation is 2. The van der Waals surface area contributed by atoms with Gasteiger partial charge in [0.15, 0.2) is 0 Å². The minimum absolute atomic E-state index is 0.574. The summed E-state index contributed by atoms with van der Waals surface area (Å²) < 4.78 is 15.6. The number of benzene rings is 2. The normalized spacial score (nSPS) is 10.6. The molecular formula is C20H23N3O4. The molecule has 7 nitrogen and oxygen atoms in total. The van der Waals surface area contributed by atoms with E-state index in [0.29, 0.717) is 11.4 Å². The van der Waals surface area contributed by atoms with Crippen molar-refractivity contribution in [2.24, 2.45) is 0 Å². The third-order valence-corrected chi connectivity index (χ3v) is 4.46. The van der Waals surface area contributed by atoms with Gasteiger partial charge in [-0.3, -0.25) is 5.43 Å². The summed E-state index contributed by atoms with van der Waals surface area (Å²) >= 11 is 0. The van der Waals surface area contributed by atoms with Crippen LogP contribution >= 0.6 is 0 Å². The van der Waals surface area contributed by atoms with Gasteiger partial charge < -0.3 is 19.2 Å². The van der Waals surface area contributed by atoms with Crippen LogP contribution in [0.3, 0.4) is 0 Å². The van der Waals surface area contributed by atoms with E-state index in [0.717, 1.165) is 39.0 Å². The summed E-state index contributed by atoms with van der Waals surface area (Å²) in [7, 11) is 4.58. The quantitative estimate of drug-likeness (QED) is 0.588. The first-order valence-electron chi connectivity index (χ1n) is 8.43. The van der Waals surface area contributed by atoms with Gasteiger partial charge in [-0.05, 0) is 43.7 Å². The summed E-state index contributed by atoms with van der Waals surface area (Å²) in [6.45, 7) is 4.03. The molecule has 0 fully saturated rings. The van der Waals surface area contributed by atoms with Crippen molar-refractivity contribution in [2.75, 3.05) is 26.8 Å². The van der Waals surface area contributed by atoms with Crippen molar-refractivity contribution >= 4 is 22.7 Å². The zero-order valence-corrected chi connectivity index (χ0v) is 16.0. The van der Waals surface area contributed by atoms with Crippen molar-refractivity contribution in [1.82, 2.24) is 10.4 Å². The largest absolute Gasteiger partial charge is 0.497 e. The second-order valence-electron chi connectivity index (χ2n) is 6.15. The molecule has 2 aromatic carbocycles. The highest BCUT2D eigenvalue weighted by Gasteiger charge is 2.18. The monoisotopic (exact) mass is 369 g/mol. The Balaban J connectivity index is 2.13. The highest BCUT2D eigenvalue weighted by atomic mass is 16.5. The van der Waals surface area contributed by atoms with E-state index < -0.39 is 6.09 Å². The van der Waals surface area contributed by atoms with Gasteiger partial charge in [-0.15, -0.1) is 0 Å². The van der Waals surface area contributed by atoms with Gasteiger partial charge in [0.05, 0.1) is 27.0 Å². The maximum absolute atomic E-state index is 11.3. The molecule has 0 aliphatic rings. The lowest BCUT2D eigenvalue weighted by molar-refractivity contribution is 0.173. The topological polar surface area (TPSA) is 84.6 Å². The van der Waals surface area contributed by atoms with Gasteiger partial charge in [0, 0.05) is 33.8 Å². The van der Waals surface area contributed by atoms with E-state index in [1.807, 2.05) is 44.2 Å².